The Bertz CT molecular complexity index is 231. The molecule has 3 amide bonds. The monoisotopic (exact) mass is 167 g/mol. The second-order valence-electron chi connectivity index (χ2n) is 3.36. The maximum absolute atomic E-state index is 11.4. The van der Waals surface area contributed by atoms with Gasteiger partial charge in [-0.15, -0.1) is 0 Å². The van der Waals surface area contributed by atoms with Crippen LogP contribution in [-0.2, 0) is 4.79 Å². The van der Waals surface area contributed by atoms with E-state index in [1.807, 2.05) is 0 Å². The predicted molar refractivity (Wildman–Crippen MR) is 42.2 cm³/mol. The number of imide groups is 1. The molecule has 1 saturated carbocycles. The zero-order valence-corrected chi connectivity index (χ0v) is 6.72. The van der Waals surface area contributed by atoms with Gasteiger partial charge in [-0.3, -0.25) is 10.1 Å². The Morgan fingerprint density at radius 3 is 2.42 bits per heavy atom. The summed E-state index contributed by atoms with van der Waals surface area (Å²) < 4.78 is 0. The van der Waals surface area contributed by atoms with Gasteiger partial charge < -0.3 is 5.32 Å². The first-order valence-electron chi connectivity index (χ1n) is 4.18. The van der Waals surface area contributed by atoms with Crippen LogP contribution in [0.25, 0.3) is 0 Å². The molecule has 2 aliphatic rings. The molecule has 12 heavy (non-hydrogen) atoms. The summed E-state index contributed by atoms with van der Waals surface area (Å²) in [5, 5.41) is 4.97. The molecule has 2 fully saturated rings. The molecule has 1 spiro atoms. The molecule has 1 heterocycles. The van der Waals surface area contributed by atoms with Crippen LogP contribution in [0.5, 0.6) is 0 Å². The highest BCUT2D eigenvalue weighted by Gasteiger charge is 2.46. The summed E-state index contributed by atoms with van der Waals surface area (Å²) in [7, 11) is 0. The van der Waals surface area contributed by atoms with Gasteiger partial charge in [-0.25, -0.2) is 4.79 Å². The quantitative estimate of drug-likeness (QED) is 0.511. The van der Waals surface area contributed by atoms with E-state index < -0.39 is 5.54 Å². The van der Waals surface area contributed by atoms with E-state index in [2.05, 4.69) is 17.1 Å². The van der Waals surface area contributed by atoms with Crippen molar-refractivity contribution in [2.45, 2.75) is 31.2 Å². The summed E-state index contributed by atoms with van der Waals surface area (Å²) in [5.74, 6) is -0.152. The third-order valence-electron chi connectivity index (χ3n) is 2.56. The average molecular weight is 167 g/mol. The Morgan fingerprint density at radius 2 is 1.92 bits per heavy atom. The Labute approximate surface area is 70.7 Å². The zero-order valence-electron chi connectivity index (χ0n) is 6.72. The summed E-state index contributed by atoms with van der Waals surface area (Å²) >= 11 is 0. The van der Waals surface area contributed by atoms with Gasteiger partial charge in [-0.2, -0.15) is 0 Å². The molecule has 1 aliphatic carbocycles. The number of carbonyl (C=O) groups is 2. The molecule has 2 rings (SSSR count). The molecule has 65 valence electrons. The number of carbonyl (C=O) groups excluding carboxylic acids is 2. The fraction of sp³-hybridized carbons (Fsp3) is 0.625. The standard InChI is InChI=1S/C8H11N2O2/c11-6-8(10-7(12)9-6)4-2-1-3-5-8/h1H,2-5H2,(H2,9,10,11,12). The minimum atomic E-state index is -0.578. The lowest BCUT2D eigenvalue weighted by atomic mass is 9.82. The molecule has 2 N–H and O–H groups in total. The maximum atomic E-state index is 11.4. The Hall–Kier alpha value is -1.06. The molecule has 0 aromatic heterocycles. The number of amides is 3. The van der Waals surface area contributed by atoms with Gasteiger partial charge in [0.25, 0.3) is 5.91 Å². The Morgan fingerprint density at radius 1 is 1.25 bits per heavy atom. The van der Waals surface area contributed by atoms with Gasteiger partial charge >= 0.3 is 6.03 Å². The molecule has 0 aromatic carbocycles. The molecular formula is C8H11N2O2. The first-order valence-corrected chi connectivity index (χ1v) is 4.18. The molecule has 0 atom stereocenters. The van der Waals surface area contributed by atoms with Gasteiger partial charge in [-0.05, 0) is 32.1 Å². The van der Waals surface area contributed by atoms with Crippen molar-refractivity contribution < 1.29 is 9.59 Å². The van der Waals surface area contributed by atoms with Crippen LogP contribution in [0.2, 0.25) is 0 Å². The van der Waals surface area contributed by atoms with Crippen molar-refractivity contribution in [3.63, 3.8) is 0 Å². The number of hydrogen-bond donors (Lipinski definition) is 2. The lowest BCUT2D eigenvalue weighted by Gasteiger charge is -2.29. The van der Waals surface area contributed by atoms with Crippen molar-refractivity contribution in [3.8, 4) is 0 Å². The van der Waals surface area contributed by atoms with Crippen LogP contribution in [0.1, 0.15) is 25.7 Å². The van der Waals surface area contributed by atoms with Crippen molar-refractivity contribution in [2.75, 3.05) is 0 Å². The van der Waals surface area contributed by atoms with Gasteiger partial charge in [0, 0.05) is 0 Å². The first-order chi connectivity index (χ1) is 5.73. The van der Waals surface area contributed by atoms with Gasteiger partial charge in [0.05, 0.1) is 0 Å². The third kappa shape index (κ3) is 0.983. The van der Waals surface area contributed by atoms with Gasteiger partial charge in [0.15, 0.2) is 0 Å². The van der Waals surface area contributed by atoms with E-state index in [0.717, 1.165) is 25.7 Å². The topological polar surface area (TPSA) is 58.2 Å². The molecule has 1 radical (unpaired) electrons. The highest BCUT2D eigenvalue weighted by molar-refractivity contribution is 6.07. The van der Waals surface area contributed by atoms with Crippen molar-refractivity contribution in [3.05, 3.63) is 6.42 Å². The highest BCUT2D eigenvalue weighted by atomic mass is 16.2. The summed E-state index contributed by atoms with van der Waals surface area (Å²) in [6.45, 7) is 0. The zero-order chi connectivity index (χ0) is 8.60. The minimum Gasteiger partial charge on any atom is -0.323 e. The van der Waals surface area contributed by atoms with Gasteiger partial charge in [0.2, 0.25) is 0 Å². The van der Waals surface area contributed by atoms with Crippen LogP contribution in [-0.4, -0.2) is 17.5 Å². The number of hydrogen-bond acceptors (Lipinski definition) is 2. The van der Waals surface area contributed by atoms with Crippen LogP contribution >= 0.6 is 0 Å². The molecular weight excluding hydrogens is 156 g/mol. The Balaban J connectivity index is 2.18. The van der Waals surface area contributed by atoms with E-state index in [9.17, 15) is 9.59 Å². The van der Waals surface area contributed by atoms with Crippen LogP contribution in [0.15, 0.2) is 0 Å². The first kappa shape index (κ1) is 7.58. The van der Waals surface area contributed by atoms with Crippen molar-refractivity contribution in [1.82, 2.24) is 10.6 Å². The molecule has 1 saturated heterocycles. The van der Waals surface area contributed by atoms with E-state index in [1.54, 1.807) is 0 Å². The van der Waals surface area contributed by atoms with E-state index in [0.29, 0.717) is 0 Å². The fourth-order valence-corrected chi connectivity index (χ4v) is 1.85. The largest absolute Gasteiger partial charge is 0.323 e. The fourth-order valence-electron chi connectivity index (χ4n) is 1.85. The smallest absolute Gasteiger partial charge is 0.322 e. The van der Waals surface area contributed by atoms with E-state index in [1.165, 1.54) is 0 Å². The SMILES string of the molecule is O=C1NC(=O)C2(CC[CH]CC2)N1. The second kappa shape index (κ2) is 2.47. The summed E-state index contributed by atoms with van der Waals surface area (Å²) in [6, 6.07) is -0.345. The van der Waals surface area contributed by atoms with Crippen molar-refractivity contribution >= 4 is 11.9 Å². The highest BCUT2D eigenvalue weighted by Crippen LogP contribution is 2.29. The number of urea groups is 1. The maximum Gasteiger partial charge on any atom is 0.322 e. The van der Waals surface area contributed by atoms with E-state index >= 15 is 0 Å². The molecule has 4 nitrogen and oxygen atoms in total. The summed E-state index contributed by atoms with van der Waals surface area (Å²) in [4.78, 5) is 22.2. The lowest BCUT2D eigenvalue weighted by molar-refractivity contribution is -0.124. The second-order valence-corrected chi connectivity index (χ2v) is 3.36. The van der Waals surface area contributed by atoms with Gasteiger partial charge in [0.1, 0.15) is 5.54 Å². The normalized spacial score (nSPS) is 27.0. The lowest BCUT2D eigenvalue weighted by Crippen LogP contribution is -2.48. The van der Waals surface area contributed by atoms with Crippen LogP contribution < -0.4 is 10.6 Å². The summed E-state index contributed by atoms with van der Waals surface area (Å²) in [5.41, 5.74) is -0.578. The van der Waals surface area contributed by atoms with Crippen molar-refractivity contribution in [1.29, 1.82) is 0 Å². The van der Waals surface area contributed by atoms with Crippen LogP contribution in [0, 0.1) is 6.42 Å². The molecule has 0 bridgehead atoms. The molecule has 1 aliphatic heterocycles. The molecule has 0 unspecified atom stereocenters. The molecule has 0 aromatic rings. The molecule has 4 heteroatoms. The van der Waals surface area contributed by atoms with Crippen LogP contribution in [0.3, 0.4) is 0 Å². The van der Waals surface area contributed by atoms with Gasteiger partial charge in [-0.1, -0.05) is 0 Å². The van der Waals surface area contributed by atoms with Crippen molar-refractivity contribution in [2.24, 2.45) is 0 Å². The van der Waals surface area contributed by atoms with E-state index in [-0.39, 0.29) is 11.9 Å². The average Bonchev–Trinajstić information content (AvgIpc) is 2.29. The Kier molecular flexibility index (Phi) is 1.56. The number of nitrogens with one attached hydrogen (secondary N) is 2. The minimum absolute atomic E-state index is 0.152. The third-order valence-corrected chi connectivity index (χ3v) is 2.56. The van der Waals surface area contributed by atoms with Crippen LogP contribution in [0.4, 0.5) is 4.79 Å². The predicted octanol–water partition coefficient (Wildman–Crippen LogP) is 0.343. The summed E-state index contributed by atoms with van der Waals surface area (Å²) in [6.07, 6.45) is 5.46. The van der Waals surface area contributed by atoms with E-state index in [4.69, 9.17) is 0 Å². The number of rotatable bonds is 0.